The second kappa shape index (κ2) is 28.9. The zero-order valence-corrected chi connectivity index (χ0v) is 63.4. The molecule has 0 unspecified atom stereocenters. The molecule has 2 aliphatic heterocycles. The van der Waals surface area contributed by atoms with Gasteiger partial charge in [0.15, 0.2) is 0 Å². The summed E-state index contributed by atoms with van der Waals surface area (Å²) in [5.74, 6) is 4.18. The van der Waals surface area contributed by atoms with Gasteiger partial charge in [0.05, 0.1) is 0 Å². The third-order valence-electron chi connectivity index (χ3n) is 16.0. The Hall–Kier alpha value is -3.05. The quantitative estimate of drug-likeness (QED) is 0.140. The maximum atomic E-state index is 12.3. The summed E-state index contributed by atoms with van der Waals surface area (Å²) in [4.78, 5) is 0. The van der Waals surface area contributed by atoms with Gasteiger partial charge >= 0.3 is 62.2 Å². The van der Waals surface area contributed by atoms with Crippen molar-refractivity contribution in [3.05, 3.63) is 177 Å². The molecular formula is C74H105BO4U2. The zero-order valence-electron chi connectivity index (χ0n) is 55.1. The van der Waals surface area contributed by atoms with E-state index < -0.39 is 0 Å². The van der Waals surface area contributed by atoms with E-state index in [0.717, 1.165) is 62.9 Å². The van der Waals surface area contributed by atoms with Gasteiger partial charge in [0.1, 0.15) is 6.71 Å². The van der Waals surface area contributed by atoms with E-state index in [1.165, 1.54) is 50.0 Å². The molecule has 4 aromatic rings. The monoisotopic (exact) mass is 1540 g/mol. The fourth-order valence-corrected chi connectivity index (χ4v) is 11.5. The maximum Gasteiger partial charge on any atom is 3.00 e. The fraction of sp³-hybridized carbons (Fsp3) is 0.541. The van der Waals surface area contributed by atoms with E-state index in [1.807, 2.05) is 72.8 Å². The molecule has 4 aromatic carbocycles. The summed E-state index contributed by atoms with van der Waals surface area (Å²) in [5, 5.41) is 49.0. The molecular weight excluding hydrogens is 1440 g/mol. The van der Waals surface area contributed by atoms with Crippen LogP contribution in [0.3, 0.4) is 0 Å². The van der Waals surface area contributed by atoms with Crippen molar-refractivity contribution in [1.82, 2.24) is 0 Å². The third-order valence-corrected chi connectivity index (χ3v) is 16.0. The van der Waals surface area contributed by atoms with E-state index in [9.17, 15) is 20.4 Å². The Bertz CT molecular complexity index is 2340. The maximum absolute atomic E-state index is 12.3. The smallest absolute Gasteiger partial charge is 0.872 e. The summed E-state index contributed by atoms with van der Waals surface area (Å²) < 4.78 is 0. The van der Waals surface area contributed by atoms with Crippen LogP contribution < -0.4 is 20.4 Å². The number of hydrogen-bond donors (Lipinski definition) is 0. The minimum Gasteiger partial charge on any atom is -0.872 e. The molecule has 0 aromatic heterocycles. The number of allylic oxidation sites excluding steroid dienone is 8. The van der Waals surface area contributed by atoms with Gasteiger partial charge in [-0.2, -0.15) is 6.08 Å². The van der Waals surface area contributed by atoms with Crippen LogP contribution in [-0.2, 0) is 43.3 Å². The van der Waals surface area contributed by atoms with Gasteiger partial charge in [0.2, 0.25) is 0 Å². The van der Waals surface area contributed by atoms with Crippen molar-refractivity contribution in [2.45, 2.75) is 260 Å². The first-order valence-corrected chi connectivity index (χ1v) is 29.7. The Balaban J connectivity index is 0.000000345. The molecule has 0 atom stereocenters. The zero-order chi connectivity index (χ0) is 60.1. The molecule has 0 amide bonds. The fourth-order valence-electron chi connectivity index (χ4n) is 11.5. The Morgan fingerprint density at radius 1 is 0.383 bits per heavy atom. The summed E-state index contributed by atoms with van der Waals surface area (Å²) in [5.41, 5.74) is 9.73. The van der Waals surface area contributed by atoms with Crippen LogP contribution in [0.1, 0.15) is 249 Å². The minimum absolute atomic E-state index is 0. The van der Waals surface area contributed by atoms with Crippen LogP contribution >= 0.6 is 0 Å². The Labute approximate surface area is 544 Å². The second-order valence-corrected chi connectivity index (χ2v) is 31.2. The molecule has 2 bridgehead atoms. The molecule has 2 heterocycles. The molecule has 8 rings (SSSR count). The largest absolute Gasteiger partial charge is 3.00 e. The normalized spacial score (nSPS) is 17.2. The summed E-state index contributed by atoms with van der Waals surface area (Å²) in [6, 6.07) is 23.5. The van der Waals surface area contributed by atoms with E-state index in [4.69, 9.17) is 0 Å². The van der Waals surface area contributed by atoms with E-state index in [2.05, 4.69) is 209 Å². The number of para-hydroxylation sites is 4. The van der Waals surface area contributed by atoms with E-state index in [-0.39, 0.29) is 129 Å². The van der Waals surface area contributed by atoms with Crippen molar-refractivity contribution in [3.63, 3.8) is 0 Å². The summed E-state index contributed by atoms with van der Waals surface area (Å²) >= 11 is 0. The first kappa shape index (κ1) is 74.0. The molecule has 0 N–H and O–H groups in total. The summed E-state index contributed by atoms with van der Waals surface area (Å²) in [7, 11) is 0. The van der Waals surface area contributed by atoms with Gasteiger partial charge in [0.25, 0.3) is 0 Å². The first-order valence-electron chi connectivity index (χ1n) is 29.7. The van der Waals surface area contributed by atoms with Gasteiger partial charge in [0, 0.05) is 0 Å². The van der Waals surface area contributed by atoms with Gasteiger partial charge in [-0.1, -0.05) is 334 Å². The number of fused-ring (bicyclic) bond motifs is 3. The number of rotatable bonds is 1. The Morgan fingerprint density at radius 3 is 0.840 bits per heavy atom. The van der Waals surface area contributed by atoms with Crippen LogP contribution in [0.4, 0.5) is 0 Å². The molecule has 4 aliphatic rings. The molecule has 81 heavy (non-hydrogen) atoms. The second-order valence-electron chi connectivity index (χ2n) is 31.2. The standard InChI is InChI=1S/C18H21B.4C14H22O.2U/c1-2-6-15-13-18(12-11-14(15)5-1)19-16-7-3-8-17(19)10-4-9-16;4*1-13(2,3)10-8-7-9-11(12(10)15)14(4,5)6;;/h1-2,5-6,11-13,16-17H,3-4,7-10H2;4*7-9,15H,1-6H3;;/q-2;;;;;2*+3/p-4. The van der Waals surface area contributed by atoms with Crippen molar-refractivity contribution in [3.8, 4) is 23.0 Å². The number of benzene rings is 4. The molecule has 7 heteroatoms. The average molecular weight is 1550 g/mol. The minimum atomic E-state index is -0.0711. The summed E-state index contributed by atoms with van der Waals surface area (Å²) in [6.45, 7) is 50.8. The average Bonchev–Trinajstić information content (AvgIpc) is 3.29. The molecule has 436 valence electrons. The van der Waals surface area contributed by atoms with Crippen LogP contribution in [0.15, 0.2) is 120 Å². The van der Waals surface area contributed by atoms with E-state index >= 15 is 0 Å². The van der Waals surface area contributed by atoms with Crippen LogP contribution in [-0.4, -0.2) is 6.71 Å². The predicted octanol–water partition coefficient (Wildman–Crippen LogP) is 18.3. The molecule has 0 spiro atoms. The summed E-state index contributed by atoms with van der Waals surface area (Å²) in [6.07, 6.45) is 24.8. The molecule has 2 radical (unpaired) electrons. The molecule has 4 nitrogen and oxygen atoms in total. The van der Waals surface area contributed by atoms with E-state index in [1.54, 1.807) is 5.47 Å². The first-order chi connectivity index (χ1) is 36.0. The van der Waals surface area contributed by atoms with Crippen LogP contribution in [0, 0.1) is 74.6 Å². The molecule has 2 fully saturated rings. The predicted molar refractivity (Wildman–Crippen MR) is 336 cm³/mol. The number of hydrogen-bond acceptors (Lipinski definition) is 4. The van der Waals surface area contributed by atoms with Crippen LogP contribution in [0.25, 0.3) is 0 Å². The SMILES string of the molecule is C1=CC2=C[CH-]C(B3C4CCCC3CCC4)=C[C-]2C=C1.CC(C)(C)c1cccc(C(C)(C)C)c1[O-].CC(C)(C)c1cccc(C(C)(C)C)c1[O-].CC(C)(C)c1cccc(C(C)(C)C)c1[O-].CC(C)(C)c1cccc(C(C)(C)C)c1[O-].[U+3].[U+3]. The van der Waals surface area contributed by atoms with Gasteiger partial charge in [-0.25, -0.2) is 35.5 Å². The Kier molecular flexibility index (Phi) is 26.4. The van der Waals surface area contributed by atoms with Crippen molar-refractivity contribution in [1.29, 1.82) is 0 Å². The molecule has 0 saturated carbocycles. The van der Waals surface area contributed by atoms with Crippen molar-refractivity contribution < 1.29 is 82.7 Å². The Morgan fingerprint density at radius 2 is 0.617 bits per heavy atom. The van der Waals surface area contributed by atoms with Crippen LogP contribution in [0.2, 0.25) is 11.6 Å². The van der Waals surface area contributed by atoms with Gasteiger partial charge in [-0.05, 0) is 43.3 Å². The van der Waals surface area contributed by atoms with E-state index in [0.29, 0.717) is 0 Å². The van der Waals surface area contributed by atoms with Gasteiger partial charge < -0.3 is 20.4 Å². The van der Waals surface area contributed by atoms with Gasteiger partial charge in [-0.3, -0.25) is 0 Å². The van der Waals surface area contributed by atoms with Crippen molar-refractivity contribution in [2.75, 3.05) is 0 Å². The molecule has 2 saturated heterocycles. The topological polar surface area (TPSA) is 92.2 Å². The molecule has 2 aliphatic carbocycles. The third kappa shape index (κ3) is 20.6. The van der Waals surface area contributed by atoms with Gasteiger partial charge in [-0.15, -0.1) is 41.2 Å². The van der Waals surface area contributed by atoms with Crippen LogP contribution in [0.5, 0.6) is 23.0 Å². The van der Waals surface area contributed by atoms with Crippen molar-refractivity contribution >= 4 is 6.71 Å². The van der Waals surface area contributed by atoms with Crippen molar-refractivity contribution in [2.24, 2.45) is 0 Å².